The first-order chi connectivity index (χ1) is 13.2. The number of carboxylic acid groups (broad SMARTS) is 2. The van der Waals surface area contributed by atoms with E-state index in [2.05, 4.69) is 30.1 Å². The van der Waals surface area contributed by atoms with Gasteiger partial charge in [0.1, 0.15) is 0 Å². The lowest BCUT2D eigenvalue weighted by molar-refractivity contribution is -0.134. The minimum Gasteiger partial charge on any atom is -0.478 e. The second kappa shape index (κ2) is 12.8. The highest BCUT2D eigenvalue weighted by atomic mass is 35.5. The van der Waals surface area contributed by atoms with Gasteiger partial charge >= 0.3 is 11.9 Å². The van der Waals surface area contributed by atoms with E-state index in [1.807, 2.05) is 12.1 Å². The average molecular weight is 431 g/mol. The van der Waals surface area contributed by atoms with E-state index in [0.717, 1.165) is 31.2 Å². The van der Waals surface area contributed by atoms with Crippen LogP contribution in [0.3, 0.4) is 0 Å². The Morgan fingerprint density at radius 3 is 2.21 bits per heavy atom. The number of rotatable bonds is 7. The molecule has 1 aliphatic rings. The molecule has 28 heavy (non-hydrogen) atoms. The van der Waals surface area contributed by atoms with E-state index in [1.165, 1.54) is 18.4 Å². The number of nitrogens with zero attached hydrogens (tertiary/aromatic N) is 1. The van der Waals surface area contributed by atoms with Crippen LogP contribution in [0.1, 0.15) is 32.3 Å². The van der Waals surface area contributed by atoms with Gasteiger partial charge in [-0.1, -0.05) is 43.1 Å². The lowest BCUT2D eigenvalue weighted by Crippen LogP contribution is -2.44. The van der Waals surface area contributed by atoms with Crippen molar-refractivity contribution >= 4 is 35.1 Å². The van der Waals surface area contributed by atoms with Crippen molar-refractivity contribution in [3.05, 3.63) is 46.0 Å². The molecule has 1 aromatic carbocycles. The molecule has 0 aromatic heterocycles. The molecule has 0 atom stereocenters. The first-order valence-corrected chi connectivity index (χ1v) is 9.97. The maximum atomic E-state index is 9.55. The van der Waals surface area contributed by atoms with Crippen LogP contribution < -0.4 is 5.32 Å². The predicted molar refractivity (Wildman–Crippen MR) is 112 cm³/mol. The van der Waals surface area contributed by atoms with Crippen LogP contribution in [0.5, 0.6) is 0 Å². The Morgan fingerprint density at radius 2 is 1.75 bits per heavy atom. The zero-order chi connectivity index (χ0) is 21.1. The second-order valence-electron chi connectivity index (χ2n) is 7.05. The van der Waals surface area contributed by atoms with Crippen molar-refractivity contribution in [3.63, 3.8) is 0 Å². The Hall–Kier alpha value is -1.60. The van der Waals surface area contributed by atoms with E-state index in [-0.39, 0.29) is 0 Å². The van der Waals surface area contributed by atoms with Crippen molar-refractivity contribution in [1.82, 2.24) is 10.2 Å². The zero-order valence-electron chi connectivity index (χ0n) is 16.2. The fourth-order valence-electron chi connectivity index (χ4n) is 2.99. The van der Waals surface area contributed by atoms with Gasteiger partial charge in [-0.25, -0.2) is 9.59 Å². The van der Waals surface area contributed by atoms with E-state index in [4.69, 9.17) is 33.4 Å². The van der Waals surface area contributed by atoms with Gasteiger partial charge in [-0.05, 0) is 49.5 Å². The minimum atomic E-state index is -1.26. The van der Waals surface area contributed by atoms with Gasteiger partial charge < -0.3 is 15.5 Å². The number of carbonyl (C=O) groups is 2. The van der Waals surface area contributed by atoms with Gasteiger partial charge in [-0.3, -0.25) is 4.90 Å². The van der Waals surface area contributed by atoms with Crippen LogP contribution in [0.15, 0.2) is 30.4 Å². The van der Waals surface area contributed by atoms with E-state index in [1.54, 1.807) is 0 Å². The van der Waals surface area contributed by atoms with Crippen molar-refractivity contribution in [2.45, 2.75) is 39.3 Å². The van der Waals surface area contributed by atoms with Crippen LogP contribution in [0.25, 0.3) is 0 Å². The summed E-state index contributed by atoms with van der Waals surface area (Å²) in [5.74, 6) is -1.85. The van der Waals surface area contributed by atoms with Crippen LogP contribution in [-0.2, 0) is 16.1 Å². The average Bonchev–Trinajstić information content (AvgIpc) is 2.62. The van der Waals surface area contributed by atoms with Crippen LogP contribution in [-0.4, -0.2) is 52.7 Å². The first-order valence-electron chi connectivity index (χ1n) is 9.21. The topological polar surface area (TPSA) is 89.9 Å². The third kappa shape index (κ3) is 10.1. The molecule has 1 saturated heterocycles. The normalized spacial score (nSPS) is 14.9. The Labute approximate surface area is 176 Å². The molecule has 0 saturated carbocycles. The molecule has 6 nitrogen and oxygen atoms in total. The summed E-state index contributed by atoms with van der Waals surface area (Å²) >= 11 is 12.3. The minimum absolute atomic E-state index is 0.558. The van der Waals surface area contributed by atoms with Crippen molar-refractivity contribution in [1.29, 1.82) is 0 Å². The largest absolute Gasteiger partial charge is 0.478 e. The molecule has 8 heteroatoms. The summed E-state index contributed by atoms with van der Waals surface area (Å²) in [6.45, 7) is 8.82. The van der Waals surface area contributed by atoms with Gasteiger partial charge in [0.05, 0.1) is 0 Å². The fraction of sp³-hybridized carbons (Fsp3) is 0.500. The zero-order valence-corrected chi connectivity index (χ0v) is 17.7. The van der Waals surface area contributed by atoms with Crippen molar-refractivity contribution in [2.75, 3.05) is 19.6 Å². The van der Waals surface area contributed by atoms with Crippen molar-refractivity contribution in [2.24, 2.45) is 5.92 Å². The van der Waals surface area contributed by atoms with E-state index in [0.29, 0.717) is 29.1 Å². The van der Waals surface area contributed by atoms with E-state index in [9.17, 15) is 9.59 Å². The fourth-order valence-corrected chi connectivity index (χ4v) is 3.46. The quantitative estimate of drug-likeness (QED) is 0.567. The van der Waals surface area contributed by atoms with Crippen LogP contribution >= 0.6 is 23.2 Å². The third-order valence-corrected chi connectivity index (χ3v) is 4.77. The first kappa shape index (κ1) is 24.4. The summed E-state index contributed by atoms with van der Waals surface area (Å²) < 4.78 is 0. The monoisotopic (exact) mass is 430 g/mol. The molecule has 0 radical (unpaired) electrons. The van der Waals surface area contributed by atoms with Gasteiger partial charge in [-0.15, -0.1) is 0 Å². The van der Waals surface area contributed by atoms with Gasteiger partial charge in [0, 0.05) is 41.3 Å². The van der Waals surface area contributed by atoms with Crippen molar-refractivity contribution in [3.8, 4) is 0 Å². The van der Waals surface area contributed by atoms with Gasteiger partial charge in [0.2, 0.25) is 0 Å². The molecule has 0 amide bonds. The summed E-state index contributed by atoms with van der Waals surface area (Å²) in [4.78, 5) is 21.7. The molecule has 0 aliphatic carbocycles. The number of nitrogens with one attached hydrogen (secondary N) is 1. The van der Waals surface area contributed by atoms with E-state index >= 15 is 0 Å². The molecular weight excluding hydrogens is 403 g/mol. The highest BCUT2D eigenvalue weighted by Gasteiger charge is 2.22. The standard InChI is InChI=1S/C16H24Cl2N2.C4H4O4/c1-12(2)10-20(15-5-7-19-8-6-15)11-13-3-4-14(17)9-16(13)18;5-3(6)1-2-4(7)8/h3-4,9,12,15,19H,5-8,10-11H2,1-2H3;1-2H,(H,5,6)(H,7,8). The van der Waals surface area contributed by atoms with Gasteiger partial charge in [-0.2, -0.15) is 0 Å². The molecular formula is C20H28Cl2N2O4. The maximum Gasteiger partial charge on any atom is 0.328 e. The Bertz CT molecular complexity index is 658. The lowest BCUT2D eigenvalue weighted by Gasteiger charge is -2.36. The molecule has 2 rings (SSSR count). The molecule has 0 bridgehead atoms. The molecule has 1 heterocycles. The van der Waals surface area contributed by atoms with Crippen LogP contribution in [0.4, 0.5) is 0 Å². The predicted octanol–water partition coefficient (Wildman–Crippen LogP) is 3.92. The number of piperidine rings is 1. The second-order valence-corrected chi connectivity index (χ2v) is 7.89. The summed E-state index contributed by atoms with van der Waals surface area (Å²) in [7, 11) is 0. The molecule has 1 aromatic rings. The molecule has 0 spiro atoms. The number of hydrogen-bond acceptors (Lipinski definition) is 4. The summed E-state index contributed by atoms with van der Waals surface area (Å²) in [6.07, 6.45) is 3.56. The van der Waals surface area contributed by atoms with Crippen LogP contribution in [0.2, 0.25) is 10.0 Å². The summed E-state index contributed by atoms with van der Waals surface area (Å²) in [5.41, 5.74) is 1.18. The maximum absolute atomic E-state index is 9.55. The third-order valence-electron chi connectivity index (χ3n) is 4.18. The molecule has 3 N–H and O–H groups in total. The SMILES string of the molecule is CC(C)CN(Cc1ccc(Cl)cc1Cl)C1CCNCC1.O=C(O)C=CC(=O)O. The van der Waals surface area contributed by atoms with Gasteiger partial charge in [0.25, 0.3) is 0 Å². The van der Waals surface area contributed by atoms with E-state index < -0.39 is 11.9 Å². The number of carboxylic acids is 2. The van der Waals surface area contributed by atoms with Gasteiger partial charge in [0.15, 0.2) is 0 Å². The van der Waals surface area contributed by atoms with Crippen molar-refractivity contribution < 1.29 is 19.8 Å². The number of hydrogen-bond donors (Lipinski definition) is 3. The Balaban J connectivity index is 0.000000416. The highest BCUT2D eigenvalue weighted by molar-refractivity contribution is 6.35. The molecule has 0 unspecified atom stereocenters. The number of benzene rings is 1. The molecule has 1 aliphatic heterocycles. The molecule has 156 valence electrons. The highest BCUT2D eigenvalue weighted by Crippen LogP contribution is 2.25. The smallest absolute Gasteiger partial charge is 0.328 e. The number of aliphatic carboxylic acids is 2. The summed E-state index contributed by atoms with van der Waals surface area (Å²) in [6, 6.07) is 6.48. The summed E-state index contributed by atoms with van der Waals surface area (Å²) in [5, 5.41) is 20.5. The Morgan fingerprint density at radius 1 is 1.18 bits per heavy atom. The lowest BCUT2D eigenvalue weighted by atomic mass is 10.0. The Kier molecular flexibility index (Phi) is 11.2. The molecule has 1 fully saturated rings. The number of halogens is 2. The van der Waals surface area contributed by atoms with Crippen LogP contribution in [0, 0.1) is 5.92 Å².